The van der Waals surface area contributed by atoms with E-state index in [0.29, 0.717) is 7.05 Å². The van der Waals surface area contributed by atoms with Crippen LogP contribution in [0.5, 0.6) is 0 Å². The minimum atomic E-state index is -5.18. The second kappa shape index (κ2) is 2.43. The van der Waals surface area contributed by atoms with Crippen molar-refractivity contribution < 1.29 is 25.9 Å². The molecule has 0 aromatic heterocycles. The van der Waals surface area contributed by atoms with E-state index in [9.17, 15) is 25.9 Å². The van der Waals surface area contributed by atoms with E-state index in [1.807, 2.05) is 0 Å². The maximum Gasteiger partial charge on any atom is 0.174 e. The van der Waals surface area contributed by atoms with E-state index in [4.69, 9.17) is 0 Å². The third-order valence-corrected chi connectivity index (χ3v) is 2.98. The van der Waals surface area contributed by atoms with Crippen molar-refractivity contribution in [2.24, 2.45) is 0 Å². The van der Waals surface area contributed by atoms with Crippen molar-refractivity contribution in [3.63, 3.8) is 0 Å². The molecule has 0 saturated heterocycles. The predicted octanol–water partition coefficient (Wildman–Crippen LogP) is -2.16. The zero-order chi connectivity index (χ0) is 8.58. The summed E-state index contributed by atoms with van der Waals surface area (Å²) in [5, 5.41) is 0. The fourth-order valence-corrected chi connectivity index (χ4v) is 1.01. The summed E-state index contributed by atoms with van der Waals surface area (Å²) in [6, 6.07) is 0. The Labute approximate surface area is 58.0 Å². The van der Waals surface area contributed by atoms with Gasteiger partial charge in [-0.2, -0.15) is 0 Å². The molecule has 0 atom stereocenters. The molecule has 0 N–H and O–H groups in total. The molecule has 0 aliphatic carbocycles. The lowest BCUT2D eigenvalue weighted by molar-refractivity contribution is 0.386. The lowest BCUT2D eigenvalue weighted by Crippen LogP contribution is -2.32. The third kappa shape index (κ3) is 2.58. The van der Waals surface area contributed by atoms with Crippen molar-refractivity contribution in [2.45, 2.75) is 0 Å². The van der Waals surface area contributed by atoms with Crippen molar-refractivity contribution in [2.75, 3.05) is 7.05 Å². The highest BCUT2D eigenvalue weighted by Gasteiger charge is 2.11. The lowest BCUT2D eigenvalue weighted by Gasteiger charge is -2.21. The maximum atomic E-state index is 9.77. The Bertz CT molecular complexity index is 265. The minimum absolute atomic E-state index is 0.366. The standard InChI is InChI=1S/CH5NO6S2/c1-2(9(3,4)5)10(6,7)8/h1H3,(H,3,4,5)(H,6,7,8)/p-2. The molecule has 0 aliphatic rings. The molecular weight excluding hydrogens is 186 g/mol. The largest absolute Gasteiger partial charge is 0.735 e. The van der Waals surface area contributed by atoms with Gasteiger partial charge in [0.15, 0.2) is 20.6 Å². The summed E-state index contributed by atoms with van der Waals surface area (Å²) in [6.45, 7) is 0. The minimum Gasteiger partial charge on any atom is -0.735 e. The normalized spacial score (nSPS) is 14.0. The van der Waals surface area contributed by atoms with Crippen molar-refractivity contribution >= 4 is 20.6 Å². The molecule has 0 aromatic carbocycles. The Morgan fingerprint density at radius 2 is 1.20 bits per heavy atom. The molecule has 7 nitrogen and oxygen atoms in total. The van der Waals surface area contributed by atoms with Gasteiger partial charge in [0.05, 0.1) is 0 Å². The van der Waals surface area contributed by atoms with Crippen molar-refractivity contribution in [1.29, 1.82) is 0 Å². The zero-order valence-corrected chi connectivity index (χ0v) is 6.35. The maximum absolute atomic E-state index is 9.77. The van der Waals surface area contributed by atoms with Crippen LogP contribution < -0.4 is 0 Å². The zero-order valence-electron chi connectivity index (χ0n) is 4.71. The molecular formula is CH3NO6S2-2. The highest BCUT2D eigenvalue weighted by Crippen LogP contribution is 1.97. The van der Waals surface area contributed by atoms with Gasteiger partial charge in [0, 0.05) is 7.05 Å². The first kappa shape index (κ1) is 9.78. The summed E-state index contributed by atoms with van der Waals surface area (Å²) in [4.78, 5) is 0. The van der Waals surface area contributed by atoms with Crippen LogP contribution in [0.2, 0.25) is 0 Å². The van der Waals surface area contributed by atoms with Gasteiger partial charge in [-0.25, -0.2) is 16.8 Å². The van der Waals surface area contributed by atoms with Gasteiger partial charge in [0.1, 0.15) is 0 Å². The fourth-order valence-electron chi connectivity index (χ4n) is 0.112. The van der Waals surface area contributed by atoms with Crippen LogP contribution in [0, 0.1) is 0 Å². The highest BCUT2D eigenvalue weighted by molar-refractivity contribution is 7.98. The molecule has 0 aliphatic heterocycles. The smallest absolute Gasteiger partial charge is 0.174 e. The first-order chi connectivity index (χ1) is 4.15. The second-order valence-electron chi connectivity index (χ2n) is 1.30. The number of rotatable bonds is 2. The van der Waals surface area contributed by atoms with Gasteiger partial charge in [-0.3, -0.25) is 0 Å². The Kier molecular flexibility index (Phi) is 2.38. The van der Waals surface area contributed by atoms with E-state index in [1.165, 1.54) is 0 Å². The number of hydrogen-bond donors (Lipinski definition) is 0. The summed E-state index contributed by atoms with van der Waals surface area (Å²) in [5.41, 5.74) is 0. The molecule has 9 heteroatoms. The van der Waals surface area contributed by atoms with Gasteiger partial charge in [-0.05, 0) is 0 Å². The van der Waals surface area contributed by atoms with Gasteiger partial charge in [0.25, 0.3) is 0 Å². The van der Waals surface area contributed by atoms with E-state index in [-0.39, 0.29) is 0 Å². The van der Waals surface area contributed by atoms with Gasteiger partial charge in [-0.1, -0.05) is 0 Å². The molecule has 0 amide bonds. The summed E-state index contributed by atoms with van der Waals surface area (Å²) in [6.07, 6.45) is 0. The molecule has 0 bridgehead atoms. The Morgan fingerprint density at radius 1 is 1.00 bits per heavy atom. The molecule has 0 unspecified atom stereocenters. The molecule has 0 saturated carbocycles. The second-order valence-corrected chi connectivity index (χ2v) is 4.33. The first-order valence-corrected chi connectivity index (χ1v) is 4.54. The Morgan fingerprint density at radius 3 is 1.20 bits per heavy atom. The highest BCUT2D eigenvalue weighted by atomic mass is 32.3. The first-order valence-electron chi connectivity index (χ1n) is 1.81. The average Bonchev–Trinajstić information content (AvgIpc) is 1.59. The van der Waals surface area contributed by atoms with Crippen LogP contribution in [-0.4, -0.2) is 36.7 Å². The number of nitrogens with zero attached hydrogens (tertiary/aromatic N) is 1. The Balaban J connectivity index is 4.94. The van der Waals surface area contributed by atoms with Crippen LogP contribution in [0.25, 0.3) is 0 Å². The average molecular weight is 189 g/mol. The summed E-state index contributed by atoms with van der Waals surface area (Å²) in [5.74, 6) is 0. The van der Waals surface area contributed by atoms with Crippen molar-refractivity contribution in [3.05, 3.63) is 0 Å². The van der Waals surface area contributed by atoms with Gasteiger partial charge < -0.3 is 9.11 Å². The molecule has 10 heavy (non-hydrogen) atoms. The predicted molar refractivity (Wildman–Crippen MR) is 27.2 cm³/mol. The fraction of sp³-hybridized carbons (Fsp3) is 1.00. The van der Waals surface area contributed by atoms with Crippen molar-refractivity contribution in [3.8, 4) is 0 Å². The Hall–Kier alpha value is -0.220. The van der Waals surface area contributed by atoms with Crippen LogP contribution in [0.1, 0.15) is 0 Å². The van der Waals surface area contributed by atoms with E-state index >= 15 is 0 Å². The van der Waals surface area contributed by atoms with Gasteiger partial charge >= 0.3 is 0 Å². The van der Waals surface area contributed by atoms with E-state index in [2.05, 4.69) is 0 Å². The van der Waals surface area contributed by atoms with Crippen molar-refractivity contribution in [1.82, 2.24) is 3.71 Å². The monoisotopic (exact) mass is 189 g/mol. The third-order valence-electron chi connectivity index (χ3n) is 0.630. The molecule has 0 spiro atoms. The molecule has 0 aromatic rings. The number of hydrogen-bond acceptors (Lipinski definition) is 6. The van der Waals surface area contributed by atoms with Crippen LogP contribution in [0.3, 0.4) is 0 Å². The van der Waals surface area contributed by atoms with Crippen LogP contribution in [0.15, 0.2) is 0 Å². The van der Waals surface area contributed by atoms with Gasteiger partial charge in [-0.15, -0.1) is 3.71 Å². The van der Waals surface area contributed by atoms with Gasteiger partial charge in [0.2, 0.25) is 0 Å². The topological polar surface area (TPSA) is 118 Å². The van der Waals surface area contributed by atoms with Crippen LogP contribution in [-0.2, 0) is 20.6 Å². The quantitative estimate of drug-likeness (QED) is 0.456. The summed E-state index contributed by atoms with van der Waals surface area (Å²) in [7, 11) is -9.99. The van der Waals surface area contributed by atoms with Crippen LogP contribution >= 0.6 is 0 Å². The summed E-state index contributed by atoms with van der Waals surface area (Å²) < 4.78 is 57.8. The summed E-state index contributed by atoms with van der Waals surface area (Å²) >= 11 is 0. The molecule has 0 heterocycles. The molecule has 0 fully saturated rings. The molecule has 0 radical (unpaired) electrons. The van der Waals surface area contributed by atoms with E-state index in [0.717, 1.165) is 0 Å². The van der Waals surface area contributed by atoms with Crippen LogP contribution in [0.4, 0.5) is 0 Å². The molecule has 0 rings (SSSR count). The van der Waals surface area contributed by atoms with E-state index in [1.54, 1.807) is 0 Å². The molecule has 62 valence electrons. The van der Waals surface area contributed by atoms with E-state index < -0.39 is 24.3 Å². The lowest BCUT2D eigenvalue weighted by atomic mass is 11.6. The SMILES string of the molecule is CN(S(=O)(=O)[O-])S(=O)(=O)[O-].